The van der Waals surface area contributed by atoms with Gasteiger partial charge in [0, 0.05) is 0 Å². The summed E-state index contributed by atoms with van der Waals surface area (Å²) in [6, 6.07) is 13.9. The summed E-state index contributed by atoms with van der Waals surface area (Å²) < 4.78 is 16.7. The van der Waals surface area contributed by atoms with Crippen LogP contribution in [0.2, 0.25) is 0 Å². The van der Waals surface area contributed by atoms with E-state index in [1.165, 1.54) is 0 Å². The summed E-state index contributed by atoms with van der Waals surface area (Å²) in [7, 11) is 0. The second-order valence-corrected chi connectivity index (χ2v) is 6.77. The van der Waals surface area contributed by atoms with Crippen molar-refractivity contribution in [3.63, 3.8) is 0 Å². The molecule has 0 aliphatic heterocycles. The third-order valence-electron chi connectivity index (χ3n) is 2.92. The molecule has 0 unspecified atom stereocenters. The van der Waals surface area contributed by atoms with Crippen LogP contribution in [-0.2, 0) is 0 Å². The van der Waals surface area contributed by atoms with Crippen molar-refractivity contribution in [2.45, 2.75) is 46.3 Å². The highest BCUT2D eigenvalue weighted by Gasteiger charge is 2.13. The van der Waals surface area contributed by atoms with Gasteiger partial charge in [0.1, 0.15) is 22.8 Å². The number of rotatable bonds is 5. The SMILES string of the molecule is CC(C)Oc1ccc(C(=O)Oc2ccc(OC(C)(C)C)cc2)cc1. The Bertz CT molecular complexity index is 664. The number of carbonyl (C=O) groups is 1. The van der Waals surface area contributed by atoms with E-state index in [1.807, 2.05) is 34.6 Å². The summed E-state index contributed by atoms with van der Waals surface area (Å²) in [5.74, 6) is 1.53. The van der Waals surface area contributed by atoms with E-state index in [9.17, 15) is 4.79 Å². The van der Waals surface area contributed by atoms with E-state index in [0.29, 0.717) is 11.3 Å². The Morgan fingerprint density at radius 1 is 0.833 bits per heavy atom. The minimum atomic E-state index is -0.407. The first-order valence-corrected chi connectivity index (χ1v) is 8.01. The zero-order chi connectivity index (χ0) is 17.7. The zero-order valence-corrected chi connectivity index (χ0v) is 14.8. The standard InChI is InChI=1S/C20H24O4/c1-14(2)22-16-8-6-15(7-9-16)19(21)23-17-10-12-18(13-11-17)24-20(3,4)5/h6-14H,1-5H3. The first-order valence-electron chi connectivity index (χ1n) is 8.01. The minimum absolute atomic E-state index is 0.0941. The van der Waals surface area contributed by atoms with Gasteiger partial charge in [-0.15, -0.1) is 0 Å². The van der Waals surface area contributed by atoms with Crippen molar-refractivity contribution < 1.29 is 19.0 Å². The quantitative estimate of drug-likeness (QED) is 0.580. The summed E-state index contributed by atoms with van der Waals surface area (Å²) in [6.07, 6.45) is 0.0941. The van der Waals surface area contributed by atoms with Gasteiger partial charge in [-0.1, -0.05) is 0 Å². The van der Waals surface area contributed by atoms with E-state index in [2.05, 4.69) is 0 Å². The van der Waals surface area contributed by atoms with Crippen LogP contribution in [0.3, 0.4) is 0 Å². The topological polar surface area (TPSA) is 44.8 Å². The second kappa shape index (κ2) is 7.39. The molecule has 0 aliphatic carbocycles. The number of ether oxygens (including phenoxy) is 3. The monoisotopic (exact) mass is 328 g/mol. The molecule has 0 aromatic heterocycles. The van der Waals surface area contributed by atoms with Crippen LogP contribution >= 0.6 is 0 Å². The van der Waals surface area contributed by atoms with Gasteiger partial charge in [-0.2, -0.15) is 0 Å². The highest BCUT2D eigenvalue weighted by atomic mass is 16.5. The van der Waals surface area contributed by atoms with Gasteiger partial charge in [0.05, 0.1) is 11.7 Å². The Hall–Kier alpha value is -2.49. The molecule has 2 aromatic carbocycles. The Balaban J connectivity index is 1.99. The molecule has 0 heterocycles. The lowest BCUT2D eigenvalue weighted by molar-refractivity contribution is 0.0734. The molecule has 4 nitrogen and oxygen atoms in total. The van der Waals surface area contributed by atoms with E-state index in [-0.39, 0.29) is 11.7 Å². The van der Waals surface area contributed by atoms with E-state index in [4.69, 9.17) is 14.2 Å². The summed E-state index contributed by atoms with van der Waals surface area (Å²) in [5, 5.41) is 0. The normalized spacial score (nSPS) is 11.2. The number of hydrogen-bond donors (Lipinski definition) is 0. The van der Waals surface area contributed by atoms with Crippen LogP contribution in [0.25, 0.3) is 0 Å². The van der Waals surface area contributed by atoms with Gasteiger partial charge in [-0.25, -0.2) is 4.79 Å². The fourth-order valence-corrected chi connectivity index (χ4v) is 2.04. The maximum Gasteiger partial charge on any atom is 0.343 e. The molecule has 0 radical (unpaired) electrons. The molecule has 0 spiro atoms. The molecule has 0 aliphatic rings. The summed E-state index contributed by atoms with van der Waals surface area (Å²) in [5.41, 5.74) is 0.207. The van der Waals surface area contributed by atoms with Crippen molar-refractivity contribution >= 4 is 5.97 Å². The molecular weight excluding hydrogens is 304 g/mol. The molecule has 0 amide bonds. The van der Waals surface area contributed by atoms with Crippen LogP contribution < -0.4 is 14.2 Å². The van der Waals surface area contributed by atoms with Crippen LogP contribution in [0.5, 0.6) is 17.2 Å². The van der Waals surface area contributed by atoms with Crippen LogP contribution in [0, 0.1) is 0 Å². The third kappa shape index (κ3) is 5.61. The molecule has 0 saturated heterocycles. The van der Waals surface area contributed by atoms with Gasteiger partial charge >= 0.3 is 5.97 Å². The fraction of sp³-hybridized carbons (Fsp3) is 0.350. The van der Waals surface area contributed by atoms with Gasteiger partial charge in [-0.05, 0) is 83.1 Å². The smallest absolute Gasteiger partial charge is 0.343 e. The maximum atomic E-state index is 12.2. The summed E-state index contributed by atoms with van der Waals surface area (Å²) in [6.45, 7) is 9.85. The molecule has 0 bridgehead atoms. The first kappa shape index (κ1) is 17.9. The molecule has 2 rings (SSSR count). The third-order valence-corrected chi connectivity index (χ3v) is 2.92. The Kier molecular flexibility index (Phi) is 5.50. The number of carbonyl (C=O) groups excluding carboxylic acids is 1. The number of hydrogen-bond acceptors (Lipinski definition) is 4. The van der Waals surface area contributed by atoms with Crippen molar-refractivity contribution in [1.82, 2.24) is 0 Å². The Morgan fingerprint density at radius 3 is 1.83 bits per heavy atom. The molecule has 24 heavy (non-hydrogen) atoms. The first-order chi connectivity index (χ1) is 11.2. The highest BCUT2D eigenvalue weighted by molar-refractivity contribution is 5.91. The molecule has 0 fully saturated rings. The van der Waals surface area contributed by atoms with Crippen molar-refractivity contribution in [3.8, 4) is 17.2 Å². The van der Waals surface area contributed by atoms with Crippen molar-refractivity contribution in [2.75, 3.05) is 0 Å². The lowest BCUT2D eigenvalue weighted by Crippen LogP contribution is -2.22. The molecule has 0 atom stereocenters. The molecule has 128 valence electrons. The molecule has 0 saturated carbocycles. The van der Waals surface area contributed by atoms with Crippen molar-refractivity contribution in [1.29, 1.82) is 0 Å². The lowest BCUT2D eigenvalue weighted by Gasteiger charge is -2.21. The van der Waals surface area contributed by atoms with Crippen LogP contribution in [-0.4, -0.2) is 17.7 Å². The summed E-state index contributed by atoms with van der Waals surface area (Å²) in [4.78, 5) is 12.2. The Morgan fingerprint density at radius 2 is 1.33 bits per heavy atom. The van der Waals surface area contributed by atoms with Crippen LogP contribution in [0.1, 0.15) is 45.0 Å². The van der Waals surface area contributed by atoms with Crippen molar-refractivity contribution in [3.05, 3.63) is 54.1 Å². The number of esters is 1. The summed E-state index contributed by atoms with van der Waals surface area (Å²) >= 11 is 0. The lowest BCUT2D eigenvalue weighted by atomic mass is 10.2. The number of benzene rings is 2. The average Bonchev–Trinajstić information content (AvgIpc) is 2.48. The predicted molar refractivity (Wildman–Crippen MR) is 94.0 cm³/mol. The van der Waals surface area contributed by atoms with Crippen LogP contribution in [0.15, 0.2) is 48.5 Å². The van der Waals surface area contributed by atoms with Gasteiger partial charge in [0.15, 0.2) is 0 Å². The highest BCUT2D eigenvalue weighted by Crippen LogP contribution is 2.22. The Labute approximate surface area is 143 Å². The molecular formula is C20H24O4. The predicted octanol–water partition coefficient (Wildman–Crippen LogP) is 4.87. The van der Waals surface area contributed by atoms with Gasteiger partial charge < -0.3 is 14.2 Å². The van der Waals surface area contributed by atoms with E-state index < -0.39 is 5.97 Å². The molecule has 4 heteroatoms. The van der Waals surface area contributed by atoms with Crippen LogP contribution in [0.4, 0.5) is 0 Å². The maximum absolute atomic E-state index is 12.2. The largest absolute Gasteiger partial charge is 0.491 e. The second-order valence-electron chi connectivity index (χ2n) is 6.77. The van der Waals surface area contributed by atoms with E-state index in [1.54, 1.807) is 48.5 Å². The van der Waals surface area contributed by atoms with E-state index in [0.717, 1.165) is 11.5 Å². The van der Waals surface area contributed by atoms with Gasteiger partial charge in [0.25, 0.3) is 0 Å². The van der Waals surface area contributed by atoms with Gasteiger partial charge in [0.2, 0.25) is 0 Å². The minimum Gasteiger partial charge on any atom is -0.491 e. The van der Waals surface area contributed by atoms with Gasteiger partial charge in [-0.3, -0.25) is 0 Å². The average molecular weight is 328 g/mol. The molecule has 2 aromatic rings. The zero-order valence-electron chi connectivity index (χ0n) is 14.8. The van der Waals surface area contributed by atoms with Crippen molar-refractivity contribution in [2.24, 2.45) is 0 Å². The molecule has 0 N–H and O–H groups in total. The van der Waals surface area contributed by atoms with E-state index >= 15 is 0 Å². The fourth-order valence-electron chi connectivity index (χ4n) is 2.04.